The van der Waals surface area contributed by atoms with Gasteiger partial charge in [-0.1, -0.05) is 31.0 Å². The SMILES string of the molecule is O=C(NCCN1CCCCCC1)c1cn(-c2ccccc2)nc1-c1cccnc1. The summed E-state index contributed by atoms with van der Waals surface area (Å²) in [5, 5.41) is 7.77. The van der Waals surface area contributed by atoms with Crippen molar-refractivity contribution in [2.75, 3.05) is 26.2 Å². The first kappa shape index (κ1) is 19.3. The maximum Gasteiger partial charge on any atom is 0.255 e. The molecule has 1 fully saturated rings. The molecule has 150 valence electrons. The third-order valence-corrected chi connectivity index (χ3v) is 5.33. The van der Waals surface area contributed by atoms with Gasteiger partial charge in [0.2, 0.25) is 0 Å². The molecule has 3 heterocycles. The minimum absolute atomic E-state index is 0.0964. The van der Waals surface area contributed by atoms with E-state index >= 15 is 0 Å². The topological polar surface area (TPSA) is 63.1 Å². The highest BCUT2D eigenvalue weighted by atomic mass is 16.1. The number of amides is 1. The number of rotatable bonds is 6. The monoisotopic (exact) mass is 389 g/mol. The van der Waals surface area contributed by atoms with Crippen LogP contribution in [0.2, 0.25) is 0 Å². The summed E-state index contributed by atoms with van der Waals surface area (Å²) in [7, 11) is 0. The van der Waals surface area contributed by atoms with Gasteiger partial charge < -0.3 is 10.2 Å². The number of benzene rings is 1. The molecule has 1 aliphatic heterocycles. The summed E-state index contributed by atoms with van der Waals surface area (Å²) in [5.41, 5.74) is 2.97. The van der Waals surface area contributed by atoms with Crippen LogP contribution < -0.4 is 5.32 Å². The molecule has 0 unspecified atom stereocenters. The van der Waals surface area contributed by atoms with Gasteiger partial charge in [0.1, 0.15) is 5.69 Å². The summed E-state index contributed by atoms with van der Waals surface area (Å²) in [6, 6.07) is 13.6. The quantitative estimate of drug-likeness (QED) is 0.700. The Morgan fingerprint density at radius 1 is 1.00 bits per heavy atom. The normalized spacial score (nSPS) is 15.0. The first-order valence-electron chi connectivity index (χ1n) is 10.4. The number of para-hydroxylation sites is 1. The van der Waals surface area contributed by atoms with Gasteiger partial charge in [-0.25, -0.2) is 4.68 Å². The lowest BCUT2D eigenvalue weighted by molar-refractivity contribution is 0.0949. The molecule has 0 atom stereocenters. The van der Waals surface area contributed by atoms with Crippen molar-refractivity contribution in [3.8, 4) is 16.9 Å². The van der Waals surface area contributed by atoms with E-state index in [9.17, 15) is 4.79 Å². The molecule has 3 aromatic rings. The second-order valence-electron chi connectivity index (χ2n) is 7.42. The van der Waals surface area contributed by atoms with E-state index in [4.69, 9.17) is 0 Å². The number of aromatic nitrogens is 3. The van der Waals surface area contributed by atoms with Gasteiger partial charge in [0.15, 0.2) is 0 Å². The molecule has 0 spiro atoms. The molecule has 1 aromatic carbocycles. The minimum Gasteiger partial charge on any atom is -0.351 e. The van der Waals surface area contributed by atoms with Crippen LogP contribution in [0.4, 0.5) is 0 Å². The first-order valence-corrected chi connectivity index (χ1v) is 10.4. The Balaban J connectivity index is 1.51. The highest BCUT2D eigenvalue weighted by molar-refractivity contribution is 5.99. The molecule has 29 heavy (non-hydrogen) atoms. The summed E-state index contributed by atoms with van der Waals surface area (Å²) >= 11 is 0. The Hall–Kier alpha value is -2.99. The van der Waals surface area contributed by atoms with Gasteiger partial charge in [-0.3, -0.25) is 9.78 Å². The van der Waals surface area contributed by atoms with Crippen LogP contribution in [0.15, 0.2) is 61.1 Å². The molecule has 1 aliphatic rings. The number of nitrogens with one attached hydrogen (secondary N) is 1. The van der Waals surface area contributed by atoms with Gasteiger partial charge >= 0.3 is 0 Å². The van der Waals surface area contributed by atoms with Gasteiger partial charge in [-0.05, 0) is 50.2 Å². The van der Waals surface area contributed by atoms with Crippen LogP contribution in [0.3, 0.4) is 0 Å². The average Bonchev–Trinajstić information content (AvgIpc) is 3.06. The van der Waals surface area contributed by atoms with Crippen molar-refractivity contribution in [2.45, 2.75) is 25.7 Å². The van der Waals surface area contributed by atoms with Crippen LogP contribution in [0.5, 0.6) is 0 Å². The zero-order valence-electron chi connectivity index (χ0n) is 16.6. The maximum absolute atomic E-state index is 13.0. The number of likely N-dealkylation sites (tertiary alicyclic amines) is 1. The van der Waals surface area contributed by atoms with E-state index in [0.29, 0.717) is 17.8 Å². The Labute approximate surface area is 171 Å². The van der Waals surface area contributed by atoms with Gasteiger partial charge in [-0.15, -0.1) is 0 Å². The smallest absolute Gasteiger partial charge is 0.255 e. The third-order valence-electron chi connectivity index (χ3n) is 5.33. The molecule has 6 nitrogen and oxygen atoms in total. The van der Waals surface area contributed by atoms with Crippen molar-refractivity contribution in [3.05, 3.63) is 66.6 Å². The molecule has 1 N–H and O–H groups in total. The van der Waals surface area contributed by atoms with Crippen molar-refractivity contribution in [1.29, 1.82) is 0 Å². The fourth-order valence-electron chi connectivity index (χ4n) is 3.75. The van der Waals surface area contributed by atoms with Crippen LogP contribution in [-0.2, 0) is 0 Å². The van der Waals surface area contributed by atoms with E-state index in [0.717, 1.165) is 30.9 Å². The van der Waals surface area contributed by atoms with Gasteiger partial charge in [0.05, 0.1) is 11.3 Å². The predicted molar refractivity (Wildman–Crippen MR) is 114 cm³/mol. The summed E-state index contributed by atoms with van der Waals surface area (Å²) in [6.07, 6.45) is 10.4. The van der Waals surface area contributed by atoms with E-state index in [1.807, 2.05) is 42.5 Å². The molecular weight excluding hydrogens is 362 g/mol. The van der Waals surface area contributed by atoms with Crippen LogP contribution in [0.25, 0.3) is 16.9 Å². The highest BCUT2D eigenvalue weighted by Gasteiger charge is 2.19. The molecule has 1 amide bonds. The largest absolute Gasteiger partial charge is 0.351 e. The van der Waals surface area contributed by atoms with E-state index in [-0.39, 0.29) is 5.91 Å². The lowest BCUT2D eigenvalue weighted by Gasteiger charge is -2.19. The summed E-state index contributed by atoms with van der Waals surface area (Å²) < 4.78 is 1.76. The third kappa shape index (κ3) is 4.90. The van der Waals surface area contributed by atoms with E-state index in [1.165, 1.54) is 25.7 Å². The van der Waals surface area contributed by atoms with E-state index in [1.54, 1.807) is 23.3 Å². The van der Waals surface area contributed by atoms with E-state index in [2.05, 4.69) is 20.3 Å². The molecule has 0 bridgehead atoms. The lowest BCUT2D eigenvalue weighted by Crippen LogP contribution is -2.35. The van der Waals surface area contributed by atoms with Crippen molar-refractivity contribution < 1.29 is 4.79 Å². The average molecular weight is 390 g/mol. The molecule has 0 aliphatic carbocycles. The fraction of sp³-hybridized carbons (Fsp3) is 0.348. The number of nitrogens with zero attached hydrogens (tertiary/aromatic N) is 4. The zero-order valence-corrected chi connectivity index (χ0v) is 16.6. The van der Waals surface area contributed by atoms with E-state index < -0.39 is 0 Å². The summed E-state index contributed by atoms with van der Waals surface area (Å²) in [5.74, 6) is -0.0964. The summed E-state index contributed by atoms with van der Waals surface area (Å²) in [4.78, 5) is 19.6. The van der Waals surface area contributed by atoms with Crippen molar-refractivity contribution >= 4 is 5.91 Å². The van der Waals surface area contributed by atoms with Crippen molar-refractivity contribution in [2.24, 2.45) is 0 Å². The number of hydrogen-bond acceptors (Lipinski definition) is 4. The molecule has 6 heteroatoms. The van der Waals surface area contributed by atoms with Crippen LogP contribution >= 0.6 is 0 Å². The second-order valence-corrected chi connectivity index (χ2v) is 7.42. The molecular formula is C23H27N5O. The Kier molecular flexibility index (Phi) is 6.32. The number of pyridine rings is 1. The number of carbonyl (C=O) groups excluding carboxylic acids is 1. The Morgan fingerprint density at radius 3 is 2.52 bits per heavy atom. The Morgan fingerprint density at radius 2 is 1.79 bits per heavy atom. The van der Waals surface area contributed by atoms with Crippen LogP contribution in [0, 0.1) is 0 Å². The first-order chi connectivity index (χ1) is 14.3. The van der Waals surface area contributed by atoms with Crippen molar-refractivity contribution in [3.63, 3.8) is 0 Å². The molecule has 0 saturated carbocycles. The van der Waals surface area contributed by atoms with Crippen LogP contribution in [-0.4, -0.2) is 51.8 Å². The number of hydrogen-bond donors (Lipinski definition) is 1. The lowest BCUT2D eigenvalue weighted by atomic mass is 10.1. The Bertz CT molecular complexity index is 915. The summed E-state index contributed by atoms with van der Waals surface area (Å²) in [6.45, 7) is 3.79. The number of carbonyl (C=O) groups is 1. The van der Waals surface area contributed by atoms with Gasteiger partial charge in [0.25, 0.3) is 5.91 Å². The van der Waals surface area contributed by atoms with Gasteiger partial charge in [-0.2, -0.15) is 5.10 Å². The zero-order chi connectivity index (χ0) is 19.9. The predicted octanol–water partition coefficient (Wildman–Crippen LogP) is 3.54. The van der Waals surface area contributed by atoms with Crippen molar-refractivity contribution in [1.82, 2.24) is 25.0 Å². The molecule has 2 aromatic heterocycles. The molecule has 0 radical (unpaired) electrons. The van der Waals surface area contributed by atoms with Crippen LogP contribution in [0.1, 0.15) is 36.0 Å². The fourth-order valence-corrected chi connectivity index (χ4v) is 3.75. The van der Waals surface area contributed by atoms with Gasteiger partial charge in [0, 0.05) is 37.2 Å². The maximum atomic E-state index is 13.0. The molecule has 4 rings (SSSR count). The molecule has 1 saturated heterocycles. The minimum atomic E-state index is -0.0964. The second kappa shape index (κ2) is 9.47. The standard InChI is InChI=1S/C23H27N5O/c29-23(25-13-16-27-14-6-1-2-7-15-27)21-18-28(20-10-4-3-5-11-20)26-22(21)19-9-8-12-24-17-19/h3-5,8-12,17-18H,1-2,6-7,13-16H2,(H,25,29). The highest BCUT2D eigenvalue weighted by Crippen LogP contribution is 2.23.